The third kappa shape index (κ3) is 3.96. The third-order valence-corrected chi connectivity index (χ3v) is 0.612. The lowest BCUT2D eigenvalue weighted by molar-refractivity contribution is 0.0832. The van der Waals surface area contributed by atoms with Gasteiger partial charge in [0.1, 0.15) is 0 Å². The average Bonchev–Trinajstić information content (AvgIpc) is 1.35. The highest BCUT2D eigenvalue weighted by molar-refractivity contribution is 4.64. The van der Waals surface area contributed by atoms with Gasteiger partial charge in [-0.1, -0.05) is 6.92 Å². The summed E-state index contributed by atoms with van der Waals surface area (Å²) in [5.74, 6) is 0. The van der Waals surface area contributed by atoms with E-state index in [-0.39, 0.29) is 0 Å². The Hall–Kier alpha value is -0.0400. The number of aliphatic hydroxyl groups is 1. The van der Waals surface area contributed by atoms with Crippen molar-refractivity contribution in [1.82, 2.24) is 0 Å². The van der Waals surface area contributed by atoms with Crippen molar-refractivity contribution < 1.29 is 5.11 Å². The summed E-state index contributed by atoms with van der Waals surface area (Å²) in [5, 5.41) is 8.76. The van der Waals surface area contributed by atoms with E-state index in [0.29, 0.717) is 6.42 Å². The molecule has 0 atom stereocenters. The SMILES string of the molecule is [CH2]CC(C)(C)O. The van der Waals surface area contributed by atoms with E-state index in [2.05, 4.69) is 6.92 Å². The Morgan fingerprint density at radius 1 is 1.67 bits per heavy atom. The van der Waals surface area contributed by atoms with Gasteiger partial charge in [-0.15, -0.1) is 0 Å². The van der Waals surface area contributed by atoms with E-state index >= 15 is 0 Å². The highest BCUT2D eigenvalue weighted by Gasteiger charge is 2.05. The van der Waals surface area contributed by atoms with Gasteiger partial charge in [0, 0.05) is 0 Å². The van der Waals surface area contributed by atoms with Crippen LogP contribution in [-0.2, 0) is 0 Å². The van der Waals surface area contributed by atoms with Crippen LogP contribution in [0.5, 0.6) is 0 Å². The molecule has 0 fully saturated rings. The van der Waals surface area contributed by atoms with Crippen molar-refractivity contribution >= 4 is 0 Å². The molecular weight excluding hydrogens is 76.1 g/mol. The molecule has 0 unspecified atom stereocenters. The quantitative estimate of drug-likeness (QED) is 0.505. The Labute approximate surface area is 39.0 Å². The van der Waals surface area contributed by atoms with E-state index in [1.54, 1.807) is 13.8 Å². The Morgan fingerprint density at radius 3 is 1.83 bits per heavy atom. The molecule has 0 saturated heterocycles. The summed E-state index contributed by atoms with van der Waals surface area (Å²) in [7, 11) is 0. The summed E-state index contributed by atoms with van der Waals surface area (Å²) in [5.41, 5.74) is -0.569. The van der Waals surface area contributed by atoms with Gasteiger partial charge in [0.05, 0.1) is 5.60 Å². The van der Waals surface area contributed by atoms with E-state index < -0.39 is 5.60 Å². The van der Waals surface area contributed by atoms with Crippen LogP contribution < -0.4 is 0 Å². The summed E-state index contributed by atoms with van der Waals surface area (Å²) >= 11 is 0. The molecule has 37 valence electrons. The number of rotatable bonds is 1. The fourth-order valence-corrected chi connectivity index (χ4v) is 0. The first-order valence-electron chi connectivity index (χ1n) is 2.08. The molecule has 1 nitrogen and oxygen atoms in total. The van der Waals surface area contributed by atoms with Gasteiger partial charge in [-0.3, -0.25) is 0 Å². The molecule has 0 heterocycles. The second-order valence-corrected chi connectivity index (χ2v) is 2.06. The summed E-state index contributed by atoms with van der Waals surface area (Å²) in [6.45, 7) is 6.98. The van der Waals surface area contributed by atoms with Crippen molar-refractivity contribution in [1.29, 1.82) is 0 Å². The average molecular weight is 87.1 g/mol. The number of hydrogen-bond donors (Lipinski definition) is 1. The lowest BCUT2D eigenvalue weighted by Crippen LogP contribution is -2.15. The van der Waals surface area contributed by atoms with E-state index in [4.69, 9.17) is 5.11 Å². The molecule has 1 N–H and O–H groups in total. The van der Waals surface area contributed by atoms with Gasteiger partial charge in [-0.05, 0) is 20.3 Å². The lowest BCUT2D eigenvalue weighted by Gasteiger charge is -2.11. The highest BCUT2D eigenvalue weighted by atomic mass is 16.3. The van der Waals surface area contributed by atoms with Crippen LogP contribution in [0.4, 0.5) is 0 Å². The normalized spacial score (nSPS) is 12.0. The van der Waals surface area contributed by atoms with Gasteiger partial charge in [-0.25, -0.2) is 0 Å². The molecule has 0 saturated carbocycles. The van der Waals surface area contributed by atoms with Gasteiger partial charge in [0.15, 0.2) is 0 Å². The van der Waals surface area contributed by atoms with Crippen molar-refractivity contribution in [3.63, 3.8) is 0 Å². The minimum Gasteiger partial charge on any atom is -0.390 e. The van der Waals surface area contributed by atoms with Crippen LogP contribution in [0.3, 0.4) is 0 Å². The standard InChI is InChI=1S/C5H11O/c1-4-5(2,3)6/h6H,1,4H2,2-3H3. The Morgan fingerprint density at radius 2 is 1.83 bits per heavy atom. The molecule has 0 aliphatic heterocycles. The monoisotopic (exact) mass is 87.1 g/mol. The highest BCUT2D eigenvalue weighted by Crippen LogP contribution is 2.03. The Kier molecular flexibility index (Phi) is 1.59. The van der Waals surface area contributed by atoms with Crippen LogP contribution in [-0.4, -0.2) is 10.7 Å². The maximum absolute atomic E-state index is 8.76. The van der Waals surface area contributed by atoms with Crippen molar-refractivity contribution in [3.8, 4) is 0 Å². The fourth-order valence-electron chi connectivity index (χ4n) is 0. The summed E-state index contributed by atoms with van der Waals surface area (Å²) in [4.78, 5) is 0. The Balaban J connectivity index is 3.17. The fraction of sp³-hybridized carbons (Fsp3) is 0.800. The van der Waals surface area contributed by atoms with Crippen molar-refractivity contribution in [3.05, 3.63) is 6.92 Å². The van der Waals surface area contributed by atoms with Crippen LogP contribution in [0.1, 0.15) is 20.3 Å². The molecule has 0 rings (SSSR count). The van der Waals surface area contributed by atoms with Crippen LogP contribution in [0.25, 0.3) is 0 Å². The molecule has 0 aliphatic rings. The summed E-state index contributed by atoms with van der Waals surface area (Å²) < 4.78 is 0. The minimum absolute atomic E-state index is 0.569. The van der Waals surface area contributed by atoms with E-state index in [1.807, 2.05) is 0 Å². The summed E-state index contributed by atoms with van der Waals surface area (Å²) in [6, 6.07) is 0. The largest absolute Gasteiger partial charge is 0.390 e. The molecule has 0 spiro atoms. The molecule has 0 aromatic rings. The van der Waals surface area contributed by atoms with Gasteiger partial charge < -0.3 is 5.11 Å². The zero-order valence-electron chi connectivity index (χ0n) is 4.36. The zero-order valence-corrected chi connectivity index (χ0v) is 4.36. The second-order valence-electron chi connectivity index (χ2n) is 2.06. The molecule has 0 aromatic carbocycles. The molecule has 6 heavy (non-hydrogen) atoms. The van der Waals surface area contributed by atoms with Crippen LogP contribution in [0.2, 0.25) is 0 Å². The Bertz CT molecular complexity index is 33.7. The van der Waals surface area contributed by atoms with Crippen LogP contribution in [0.15, 0.2) is 0 Å². The minimum atomic E-state index is -0.569. The van der Waals surface area contributed by atoms with Gasteiger partial charge >= 0.3 is 0 Å². The maximum atomic E-state index is 8.76. The summed E-state index contributed by atoms with van der Waals surface area (Å²) in [6.07, 6.45) is 0.576. The van der Waals surface area contributed by atoms with Crippen molar-refractivity contribution in [2.24, 2.45) is 0 Å². The molecule has 0 bridgehead atoms. The van der Waals surface area contributed by atoms with E-state index in [9.17, 15) is 0 Å². The molecule has 1 heteroatoms. The zero-order chi connectivity index (χ0) is 5.21. The predicted octanol–water partition coefficient (Wildman–Crippen LogP) is 0.981. The topological polar surface area (TPSA) is 20.2 Å². The van der Waals surface area contributed by atoms with Crippen LogP contribution in [0, 0.1) is 6.92 Å². The molecule has 0 aliphatic carbocycles. The van der Waals surface area contributed by atoms with E-state index in [1.165, 1.54) is 0 Å². The predicted molar refractivity (Wildman–Crippen MR) is 26.3 cm³/mol. The van der Waals surface area contributed by atoms with Gasteiger partial charge in [-0.2, -0.15) is 0 Å². The second kappa shape index (κ2) is 1.61. The van der Waals surface area contributed by atoms with Crippen molar-refractivity contribution in [2.45, 2.75) is 25.9 Å². The number of hydrogen-bond acceptors (Lipinski definition) is 1. The molecule has 0 amide bonds. The third-order valence-electron chi connectivity index (χ3n) is 0.612. The molecular formula is C5H11O. The first-order valence-corrected chi connectivity index (χ1v) is 2.08. The lowest BCUT2D eigenvalue weighted by atomic mass is 10.1. The van der Waals surface area contributed by atoms with Crippen molar-refractivity contribution in [2.75, 3.05) is 0 Å². The molecule has 0 aromatic heterocycles. The first kappa shape index (κ1) is 5.96. The van der Waals surface area contributed by atoms with Gasteiger partial charge in [0.25, 0.3) is 0 Å². The maximum Gasteiger partial charge on any atom is 0.0591 e. The van der Waals surface area contributed by atoms with Crippen LogP contribution >= 0.6 is 0 Å². The first-order chi connectivity index (χ1) is 2.56. The molecule has 1 radical (unpaired) electrons. The van der Waals surface area contributed by atoms with Gasteiger partial charge in [0.2, 0.25) is 0 Å². The van der Waals surface area contributed by atoms with E-state index in [0.717, 1.165) is 0 Å². The smallest absolute Gasteiger partial charge is 0.0591 e.